The van der Waals surface area contributed by atoms with Crippen LogP contribution in [0.15, 0.2) is 33.8 Å². The molecule has 1 aromatic heterocycles. The van der Waals surface area contributed by atoms with Crippen molar-refractivity contribution in [2.45, 2.75) is 19.8 Å². The van der Waals surface area contributed by atoms with E-state index in [0.717, 1.165) is 36.8 Å². The van der Waals surface area contributed by atoms with Gasteiger partial charge in [0.15, 0.2) is 11.8 Å². The van der Waals surface area contributed by atoms with Gasteiger partial charge in [0.1, 0.15) is 18.1 Å². The number of ether oxygens (including phenoxy) is 2. The molecular weight excluding hydrogens is 449 g/mol. The first-order chi connectivity index (χ1) is 12.2. The van der Waals surface area contributed by atoms with Crippen molar-refractivity contribution in [2.75, 3.05) is 33.9 Å². The first-order valence-corrected chi connectivity index (χ1v) is 8.22. The summed E-state index contributed by atoms with van der Waals surface area (Å²) in [5, 5.41) is 10.2. The largest absolute Gasteiger partial charge is 0.497 e. The van der Waals surface area contributed by atoms with E-state index < -0.39 is 0 Å². The number of guanidine groups is 1. The molecule has 2 aromatic rings. The van der Waals surface area contributed by atoms with Gasteiger partial charge in [-0.05, 0) is 37.6 Å². The number of hydrogen-bond donors (Lipinski definition) is 2. The van der Waals surface area contributed by atoms with Crippen LogP contribution in [0, 0.1) is 6.92 Å². The van der Waals surface area contributed by atoms with Crippen LogP contribution in [0.25, 0.3) is 0 Å². The van der Waals surface area contributed by atoms with E-state index >= 15 is 0 Å². The van der Waals surface area contributed by atoms with Crippen LogP contribution in [-0.2, 0) is 6.42 Å². The molecule has 2 N–H and O–H groups in total. The van der Waals surface area contributed by atoms with Crippen molar-refractivity contribution in [1.82, 2.24) is 20.8 Å². The number of halogens is 1. The molecule has 26 heavy (non-hydrogen) atoms. The van der Waals surface area contributed by atoms with Gasteiger partial charge in [-0.2, -0.15) is 4.98 Å². The summed E-state index contributed by atoms with van der Waals surface area (Å²) < 4.78 is 15.8. The van der Waals surface area contributed by atoms with Crippen LogP contribution in [-0.4, -0.2) is 50.0 Å². The van der Waals surface area contributed by atoms with E-state index in [-0.39, 0.29) is 24.0 Å². The van der Waals surface area contributed by atoms with Crippen LogP contribution in [0.4, 0.5) is 0 Å². The Bertz CT molecular complexity index is 661. The molecule has 0 unspecified atom stereocenters. The van der Waals surface area contributed by atoms with Crippen molar-refractivity contribution in [3.63, 3.8) is 0 Å². The Morgan fingerprint density at radius 1 is 1.15 bits per heavy atom. The molecule has 1 heterocycles. The van der Waals surface area contributed by atoms with Gasteiger partial charge in [0.2, 0.25) is 5.89 Å². The third-order valence-corrected chi connectivity index (χ3v) is 3.38. The van der Waals surface area contributed by atoms with Crippen molar-refractivity contribution in [3.05, 3.63) is 36.0 Å². The molecule has 0 aliphatic rings. The Kier molecular flexibility index (Phi) is 10.4. The smallest absolute Gasteiger partial charge is 0.226 e. The van der Waals surface area contributed by atoms with Crippen LogP contribution >= 0.6 is 24.0 Å². The van der Waals surface area contributed by atoms with Crippen LogP contribution in [0.1, 0.15) is 18.1 Å². The molecule has 0 radical (unpaired) electrons. The summed E-state index contributed by atoms with van der Waals surface area (Å²) in [6.07, 6.45) is 1.62. The van der Waals surface area contributed by atoms with Gasteiger partial charge in [-0.25, -0.2) is 0 Å². The summed E-state index contributed by atoms with van der Waals surface area (Å²) in [7, 11) is 3.38. The second-order valence-corrected chi connectivity index (χ2v) is 5.29. The Morgan fingerprint density at radius 2 is 1.85 bits per heavy atom. The predicted octanol–water partition coefficient (Wildman–Crippen LogP) is 2.18. The average molecular weight is 475 g/mol. The third-order valence-electron chi connectivity index (χ3n) is 3.38. The topological polar surface area (TPSA) is 93.8 Å². The number of rotatable bonds is 9. The monoisotopic (exact) mass is 475 g/mol. The molecule has 0 aliphatic carbocycles. The van der Waals surface area contributed by atoms with Gasteiger partial charge in [0.25, 0.3) is 0 Å². The zero-order chi connectivity index (χ0) is 17.9. The highest BCUT2D eigenvalue weighted by Crippen LogP contribution is 2.16. The fourth-order valence-corrected chi connectivity index (χ4v) is 2.12. The number of aromatic nitrogens is 2. The van der Waals surface area contributed by atoms with Gasteiger partial charge in [-0.1, -0.05) is 5.16 Å². The first-order valence-electron chi connectivity index (χ1n) is 8.22. The van der Waals surface area contributed by atoms with Gasteiger partial charge in [-0.3, -0.25) is 4.99 Å². The molecule has 0 aliphatic heterocycles. The van der Waals surface area contributed by atoms with Crippen molar-refractivity contribution in [3.8, 4) is 11.5 Å². The molecule has 0 fully saturated rings. The van der Waals surface area contributed by atoms with E-state index in [1.54, 1.807) is 14.2 Å². The molecular formula is C17H26IN5O3. The maximum atomic E-state index is 5.66. The summed E-state index contributed by atoms with van der Waals surface area (Å²) in [5.74, 6) is 3.68. The quantitative estimate of drug-likeness (QED) is 0.249. The minimum atomic E-state index is 0. The number of benzene rings is 1. The molecule has 0 saturated heterocycles. The van der Waals surface area contributed by atoms with E-state index in [9.17, 15) is 0 Å². The maximum Gasteiger partial charge on any atom is 0.226 e. The minimum absolute atomic E-state index is 0. The van der Waals surface area contributed by atoms with Crippen LogP contribution < -0.4 is 20.1 Å². The zero-order valence-electron chi connectivity index (χ0n) is 15.3. The van der Waals surface area contributed by atoms with Crippen molar-refractivity contribution >= 4 is 29.9 Å². The molecule has 9 heteroatoms. The van der Waals surface area contributed by atoms with Crippen molar-refractivity contribution < 1.29 is 14.0 Å². The number of methoxy groups -OCH3 is 1. The highest BCUT2D eigenvalue weighted by atomic mass is 127. The van der Waals surface area contributed by atoms with E-state index in [0.29, 0.717) is 24.9 Å². The predicted molar refractivity (Wildman–Crippen MR) is 111 cm³/mol. The average Bonchev–Trinajstić information content (AvgIpc) is 3.06. The minimum Gasteiger partial charge on any atom is -0.497 e. The van der Waals surface area contributed by atoms with E-state index in [1.165, 1.54) is 0 Å². The first kappa shape index (κ1) is 22.0. The normalized spacial score (nSPS) is 10.8. The Morgan fingerprint density at radius 3 is 2.46 bits per heavy atom. The van der Waals surface area contributed by atoms with Gasteiger partial charge in [0, 0.05) is 20.0 Å². The maximum absolute atomic E-state index is 5.66. The standard InChI is InChI=1S/C17H25N5O3.HI/c1-13-21-16(25-22-13)5-4-10-19-17(18-2)20-11-12-24-15-8-6-14(23-3)7-9-15;/h6-9H,4-5,10-12H2,1-3H3,(H2,18,19,20);1H. The lowest BCUT2D eigenvalue weighted by atomic mass is 10.3. The van der Waals surface area contributed by atoms with Crippen LogP contribution in [0.2, 0.25) is 0 Å². The van der Waals surface area contributed by atoms with Gasteiger partial charge in [0.05, 0.1) is 13.7 Å². The molecule has 0 amide bonds. The fraction of sp³-hybridized carbons (Fsp3) is 0.471. The number of aliphatic imine (C=N–C) groups is 1. The summed E-state index contributed by atoms with van der Waals surface area (Å²) in [5.41, 5.74) is 0. The third kappa shape index (κ3) is 7.89. The summed E-state index contributed by atoms with van der Waals surface area (Å²) in [6.45, 7) is 3.76. The summed E-state index contributed by atoms with van der Waals surface area (Å²) in [4.78, 5) is 8.35. The number of nitrogens with zero attached hydrogens (tertiary/aromatic N) is 3. The van der Waals surface area contributed by atoms with Gasteiger partial charge >= 0.3 is 0 Å². The highest BCUT2D eigenvalue weighted by Gasteiger charge is 2.03. The Labute approximate surface area is 170 Å². The molecule has 8 nitrogen and oxygen atoms in total. The Balaban J connectivity index is 0.00000338. The molecule has 0 saturated carbocycles. The van der Waals surface area contributed by atoms with Crippen molar-refractivity contribution in [2.24, 2.45) is 4.99 Å². The fourth-order valence-electron chi connectivity index (χ4n) is 2.12. The van der Waals surface area contributed by atoms with Gasteiger partial charge < -0.3 is 24.6 Å². The summed E-state index contributed by atoms with van der Waals surface area (Å²) >= 11 is 0. The highest BCUT2D eigenvalue weighted by molar-refractivity contribution is 14.0. The lowest BCUT2D eigenvalue weighted by molar-refractivity contribution is 0.321. The molecule has 144 valence electrons. The number of aryl methyl sites for hydroxylation is 2. The van der Waals surface area contributed by atoms with Gasteiger partial charge in [-0.15, -0.1) is 24.0 Å². The van der Waals surface area contributed by atoms with E-state index in [4.69, 9.17) is 14.0 Å². The second-order valence-electron chi connectivity index (χ2n) is 5.29. The van der Waals surface area contributed by atoms with Crippen LogP contribution in [0.3, 0.4) is 0 Å². The number of nitrogens with one attached hydrogen (secondary N) is 2. The van der Waals surface area contributed by atoms with E-state index in [1.807, 2.05) is 31.2 Å². The molecule has 2 rings (SSSR count). The number of hydrogen-bond acceptors (Lipinski definition) is 6. The molecule has 0 bridgehead atoms. The molecule has 0 atom stereocenters. The van der Waals surface area contributed by atoms with Crippen molar-refractivity contribution in [1.29, 1.82) is 0 Å². The lowest BCUT2D eigenvalue weighted by Crippen LogP contribution is -2.39. The molecule has 0 spiro atoms. The zero-order valence-corrected chi connectivity index (χ0v) is 17.6. The summed E-state index contributed by atoms with van der Waals surface area (Å²) in [6, 6.07) is 7.50. The SMILES string of the molecule is CN=C(NCCCc1nc(C)no1)NCCOc1ccc(OC)cc1.I. The second kappa shape index (κ2) is 12.3. The van der Waals surface area contributed by atoms with Crippen LogP contribution in [0.5, 0.6) is 11.5 Å². The lowest BCUT2D eigenvalue weighted by Gasteiger charge is -2.12. The Hall–Kier alpha value is -2.04. The van der Waals surface area contributed by atoms with E-state index in [2.05, 4.69) is 25.8 Å². The molecule has 1 aromatic carbocycles.